The monoisotopic (exact) mass is 237 g/mol. The van der Waals surface area contributed by atoms with Crippen LogP contribution >= 0.6 is 0 Å². The molecule has 0 bridgehead atoms. The Morgan fingerprint density at radius 2 is 2.41 bits per heavy atom. The van der Waals surface area contributed by atoms with E-state index in [0.717, 1.165) is 6.42 Å². The van der Waals surface area contributed by atoms with E-state index in [1.807, 2.05) is 0 Å². The maximum absolute atomic E-state index is 11.8. The third-order valence-corrected chi connectivity index (χ3v) is 2.68. The predicted molar refractivity (Wildman–Crippen MR) is 60.1 cm³/mol. The smallest absolute Gasteiger partial charge is 0.287 e. The van der Waals surface area contributed by atoms with Crippen LogP contribution in [-0.4, -0.2) is 24.4 Å². The Balaban J connectivity index is 1.98. The van der Waals surface area contributed by atoms with Crippen molar-refractivity contribution in [3.8, 4) is 0 Å². The summed E-state index contributed by atoms with van der Waals surface area (Å²) in [6.45, 7) is 0.917. The Hall–Kier alpha value is -1.82. The van der Waals surface area contributed by atoms with Gasteiger partial charge in [-0.15, -0.1) is 0 Å². The van der Waals surface area contributed by atoms with Crippen LogP contribution in [0.3, 0.4) is 0 Å². The minimum Gasteiger partial charge on any atom is -0.455 e. The van der Waals surface area contributed by atoms with Crippen LogP contribution in [-0.2, 0) is 11.3 Å². The van der Waals surface area contributed by atoms with E-state index in [1.165, 1.54) is 0 Å². The van der Waals surface area contributed by atoms with Crippen molar-refractivity contribution in [2.75, 3.05) is 6.54 Å². The van der Waals surface area contributed by atoms with Crippen LogP contribution in [0.1, 0.15) is 29.2 Å². The van der Waals surface area contributed by atoms with Crippen molar-refractivity contribution in [1.29, 1.82) is 0 Å². The predicted octanol–water partition coefficient (Wildman–Crippen LogP) is -0.253. The second kappa shape index (κ2) is 5.01. The van der Waals surface area contributed by atoms with Crippen LogP contribution < -0.4 is 16.4 Å². The highest BCUT2D eigenvalue weighted by molar-refractivity contribution is 5.95. The summed E-state index contributed by atoms with van der Waals surface area (Å²) in [5.41, 5.74) is 5.38. The number of hydrogen-bond acceptors (Lipinski definition) is 4. The van der Waals surface area contributed by atoms with E-state index >= 15 is 0 Å². The molecule has 92 valence electrons. The van der Waals surface area contributed by atoms with Gasteiger partial charge in [-0.1, -0.05) is 0 Å². The van der Waals surface area contributed by atoms with E-state index in [0.29, 0.717) is 18.7 Å². The van der Waals surface area contributed by atoms with E-state index in [9.17, 15) is 9.59 Å². The molecule has 1 aromatic rings. The first-order chi connectivity index (χ1) is 8.20. The van der Waals surface area contributed by atoms with Crippen LogP contribution in [0.2, 0.25) is 0 Å². The second-order valence-electron chi connectivity index (χ2n) is 3.93. The molecule has 17 heavy (non-hydrogen) atoms. The van der Waals surface area contributed by atoms with E-state index in [-0.39, 0.29) is 24.1 Å². The molecule has 6 nitrogen and oxygen atoms in total. The zero-order valence-corrected chi connectivity index (χ0v) is 9.36. The van der Waals surface area contributed by atoms with Crippen LogP contribution in [0.15, 0.2) is 16.5 Å². The molecule has 1 unspecified atom stereocenters. The summed E-state index contributed by atoms with van der Waals surface area (Å²) in [7, 11) is 0. The number of carbonyl (C=O) groups excluding carboxylic acids is 2. The summed E-state index contributed by atoms with van der Waals surface area (Å²) in [4.78, 5) is 23.2. The van der Waals surface area contributed by atoms with E-state index in [4.69, 9.17) is 10.2 Å². The SMILES string of the molecule is NCc1ccc(C(=O)NC2CCCNC2=O)o1. The van der Waals surface area contributed by atoms with Crippen molar-refractivity contribution in [3.05, 3.63) is 23.7 Å². The summed E-state index contributed by atoms with van der Waals surface area (Å²) in [5, 5.41) is 5.34. The van der Waals surface area contributed by atoms with Crippen LogP contribution in [0.25, 0.3) is 0 Å². The first-order valence-corrected chi connectivity index (χ1v) is 5.58. The second-order valence-corrected chi connectivity index (χ2v) is 3.93. The first kappa shape index (κ1) is 11.7. The van der Waals surface area contributed by atoms with Crippen molar-refractivity contribution in [1.82, 2.24) is 10.6 Å². The van der Waals surface area contributed by atoms with Gasteiger partial charge in [-0.3, -0.25) is 9.59 Å². The fourth-order valence-corrected chi connectivity index (χ4v) is 1.75. The molecule has 1 aliphatic rings. The number of nitrogens with two attached hydrogens (primary N) is 1. The average Bonchev–Trinajstić information content (AvgIpc) is 2.81. The summed E-state index contributed by atoms with van der Waals surface area (Å²) < 4.78 is 5.20. The zero-order valence-electron chi connectivity index (χ0n) is 9.36. The largest absolute Gasteiger partial charge is 0.455 e. The Kier molecular flexibility index (Phi) is 3.43. The minimum absolute atomic E-state index is 0.143. The van der Waals surface area contributed by atoms with Gasteiger partial charge < -0.3 is 20.8 Å². The van der Waals surface area contributed by atoms with Crippen LogP contribution in [0.5, 0.6) is 0 Å². The third-order valence-electron chi connectivity index (χ3n) is 2.68. The van der Waals surface area contributed by atoms with Crippen LogP contribution in [0, 0.1) is 0 Å². The van der Waals surface area contributed by atoms with Crippen molar-refractivity contribution in [2.45, 2.75) is 25.4 Å². The van der Waals surface area contributed by atoms with Gasteiger partial charge in [-0.25, -0.2) is 0 Å². The van der Waals surface area contributed by atoms with E-state index < -0.39 is 6.04 Å². The summed E-state index contributed by atoms with van der Waals surface area (Å²) in [6, 6.07) is 2.73. The summed E-state index contributed by atoms with van der Waals surface area (Å²) >= 11 is 0. The van der Waals surface area contributed by atoms with Gasteiger partial charge in [-0.05, 0) is 25.0 Å². The lowest BCUT2D eigenvalue weighted by atomic mass is 10.1. The maximum Gasteiger partial charge on any atom is 0.287 e. The van der Waals surface area contributed by atoms with Gasteiger partial charge in [0.25, 0.3) is 5.91 Å². The Bertz CT molecular complexity index is 427. The molecule has 2 rings (SSSR count). The van der Waals surface area contributed by atoms with Gasteiger partial charge in [0.2, 0.25) is 5.91 Å². The number of nitrogens with one attached hydrogen (secondary N) is 2. The van der Waals surface area contributed by atoms with Gasteiger partial charge >= 0.3 is 0 Å². The highest BCUT2D eigenvalue weighted by Gasteiger charge is 2.24. The minimum atomic E-state index is -0.470. The molecular weight excluding hydrogens is 222 g/mol. The highest BCUT2D eigenvalue weighted by Crippen LogP contribution is 2.09. The fourth-order valence-electron chi connectivity index (χ4n) is 1.75. The fraction of sp³-hybridized carbons (Fsp3) is 0.455. The van der Waals surface area contributed by atoms with E-state index in [1.54, 1.807) is 12.1 Å². The molecule has 1 saturated heterocycles. The topological polar surface area (TPSA) is 97.4 Å². The molecule has 6 heteroatoms. The van der Waals surface area contributed by atoms with Crippen LogP contribution in [0.4, 0.5) is 0 Å². The Morgan fingerprint density at radius 3 is 3.06 bits per heavy atom. The molecule has 0 aliphatic carbocycles. The Morgan fingerprint density at radius 1 is 1.59 bits per heavy atom. The normalized spacial score (nSPS) is 19.8. The molecule has 4 N–H and O–H groups in total. The zero-order chi connectivity index (χ0) is 12.3. The van der Waals surface area contributed by atoms with Gasteiger partial charge in [0.05, 0.1) is 6.54 Å². The van der Waals surface area contributed by atoms with Crippen molar-refractivity contribution >= 4 is 11.8 Å². The molecule has 0 aromatic carbocycles. The maximum atomic E-state index is 11.8. The lowest BCUT2D eigenvalue weighted by molar-refractivity contribution is -0.124. The standard InChI is InChI=1S/C11H15N3O3/c12-6-7-3-4-9(17-7)11(16)14-8-2-1-5-13-10(8)15/h3-4,8H,1-2,5-6,12H2,(H,13,15)(H,14,16). The number of piperidine rings is 1. The van der Waals surface area contributed by atoms with E-state index in [2.05, 4.69) is 10.6 Å². The molecule has 0 spiro atoms. The van der Waals surface area contributed by atoms with Crippen molar-refractivity contribution in [2.24, 2.45) is 5.73 Å². The molecule has 2 amide bonds. The number of carbonyl (C=O) groups is 2. The van der Waals surface area contributed by atoms with Gasteiger partial charge in [0.1, 0.15) is 11.8 Å². The van der Waals surface area contributed by atoms with Crippen molar-refractivity contribution < 1.29 is 14.0 Å². The van der Waals surface area contributed by atoms with Gasteiger partial charge in [0.15, 0.2) is 5.76 Å². The van der Waals surface area contributed by atoms with Crippen molar-refractivity contribution in [3.63, 3.8) is 0 Å². The number of furan rings is 1. The third kappa shape index (κ3) is 2.65. The van der Waals surface area contributed by atoms with Gasteiger partial charge in [0, 0.05) is 6.54 Å². The molecule has 0 saturated carbocycles. The number of hydrogen-bond donors (Lipinski definition) is 3. The molecule has 0 radical (unpaired) electrons. The molecule has 1 fully saturated rings. The number of rotatable bonds is 3. The number of amides is 2. The molecular formula is C11H15N3O3. The Labute approximate surface area is 98.5 Å². The first-order valence-electron chi connectivity index (χ1n) is 5.58. The quantitative estimate of drug-likeness (QED) is 0.675. The molecule has 1 aromatic heterocycles. The average molecular weight is 237 g/mol. The summed E-state index contributed by atoms with van der Waals surface area (Å²) in [5.74, 6) is 0.203. The summed E-state index contributed by atoms with van der Waals surface area (Å²) in [6.07, 6.45) is 1.52. The molecule has 1 atom stereocenters. The lowest BCUT2D eigenvalue weighted by Crippen LogP contribution is -2.50. The van der Waals surface area contributed by atoms with Gasteiger partial charge in [-0.2, -0.15) is 0 Å². The lowest BCUT2D eigenvalue weighted by Gasteiger charge is -2.22. The molecule has 1 aliphatic heterocycles. The highest BCUT2D eigenvalue weighted by atomic mass is 16.4. The molecule has 2 heterocycles.